The highest BCUT2D eigenvalue weighted by atomic mass is 15.1. The molecule has 0 aliphatic rings. The van der Waals surface area contributed by atoms with Gasteiger partial charge < -0.3 is 4.90 Å². The minimum Gasteiger partial charge on any atom is -0.301 e. The van der Waals surface area contributed by atoms with E-state index in [9.17, 15) is 0 Å². The first-order valence-electron chi connectivity index (χ1n) is 6.00. The van der Waals surface area contributed by atoms with Crippen LogP contribution in [-0.4, -0.2) is 24.0 Å². The molecule has 0 heterocycles. The number of nitrogens with zero attached hydrogens (tertiary/aromatic N) is 1. The quantitative estimate of drug-likeness (QED) is 0.557. The zero-order valence-electron chi connectivity index (χ0n) is 9.97. The van der Waals surface area contributed by atoms with Crippen molar-refractivity contribution < 1.29 is 0 Å². The van der Waals surface area contributed by atoms with E-state index in [1.54, 1.807) is 0 Å². The lowest BCUT2D eigenvalue weighted by Crippen LogP contribution is -2.34. The van der Waals surface area contributed by atoms with Gasteiger partial charge in [0.25, 0.3) is 0 Å². The third-order valence-corrected chi connectivity index (χ3v) is 2.64. The molecule has 0 aromatic rings. The number of unbranched alkanes of at least 4 members (excludes halogenated alkanes) is 1. The summed E-state index contributed by atoms with van der Waals surface area (Å²) in [5.41, 5.74) is 0. The Labute approximate surface area is 84.5 Å². The molecule has 0 fully saturated rings. The maximum absolute atomic E-state index is 2.65. The third-order valence-electron chi connectivity index (χ3n) is 2.64. The highest BCUT2D eigenvalue weighted by Crippen LogP contribution is 2.08. The van der Waals surface area contributed by atoms with Gasteiger partial charge in [-0.05, 0) is 39.3 Å². The van der Waals surface area contributed by atoms with Gasteiger partial charge in [-0.1, -0.05) is 33.6 Å². The molecule has 0 spiro atoms. The molecule has 0 saturated heterocycles. The summed E-state index contributed by atoms with van der Waals surface area (Å²) in [7, 11) is 0. The molecule has 0 radical (unpaired) electrons. The lowest BCUT2D eigenvalue weighted by atomic mass is 10.1. The fourth-order valence-electron chi connectivity index (χ4n) is 1.80. The molecule has 80 valence electrons. The van der Waals surface area contributed by atoms with Crippen molar-refractivity contribution in [1.82, 2.24) is 4.90 Å². The monoisotopic (exact) mass is 185 g/mol. The molecule has 1 nitrogen and oxygen atoms in total. The molecular weight excluding hydrogens is 158 g/mol. The van der Waals surface area contributed by atoms with E-state index in [0.717, 1.165) is 6.04 Å². The Morgan fingerprint density at radius 3 is 2.08 bits per heavy atom. The molecule has 0 aliphatic heterocycles. The predicted molar refractivity (Wildman–Crippen MR) is 61.1 cm³/mol. The zero-order valence-corrected chi connectivity index (χ0v) is 9.97. The van der Waals surface area contributed by atoms with Crippen LogP contribution in [0.1, 0.15) is 59.8 Å². The Hall–Kier alpha value is -0.0400. The van der Waals surface area contributed by atoms with E-state index in [2.05, 4.69) is 32.6 Å². The molecule has 13 heavy (non-hydrogen) atoms. The van der Waals surface area contributed by atoms with Gasteiger partial charge in [-0.2, -0.15) is 0 Å². The molecule has 0 saturated carbocycles. The maximum Gasteiger partial charge on any atom is 0.00668 e. The van der Waals surface area contributed by atoms with Gasteiger partial charge in [0.2, 0.25) is 0 Å². The maximum atomic E-state index is 2.65. The molecule has 0 aliphatic carbocycles. The van der Waals surface area contributed by atoms with Crippen molar-refractivity contribution in [3.63, 3.8) is 0 Å². The van der Waals surface area contributed by atoms with Crippen molar-refractivity contribution in [2.45, 2.75) is 65.8 Å². The van der Waals surface area contributed by atoms with Gasteiger partial charge in [-0.3, -0.25) is 0 Å². The lowest BCUT2D eigenvalue weighted by Gasteiger charge is -2.28. The summed E-state index contributed by atoms with van der Waals surface area (Å²) in [5.74, 6) is 0. The average Bonchev–Trinajstić information content (AvgIpc) is 2.12. The van der Waals surface area contributed by atoms with E-state index in [0.29, 0.717) is 0 Å². The minimum atomic E-state index is 0.788. The largest absolute Gasteiger partial charge is 0.301 e. The third kappa shape index (κ3) is 6.09. The summed E-state index contributed by atoms with van der Waals surface area (Å²) in [5, 5.41) is 0. The molecule has 1 heteroatoms. The Balaban J connectivity index is 3.75. The van der Waals surface area contributed by atoms with Gasteiger partial charge in [0, 0.05) is 6.04 Å². The summed E-state index contributed by atoms with van der Waals surface area (Å²) >= 11 is 0. The van der Waals surface area contributed by atoms with E-state index in [1.807, 2.05) is 0 Å². The van der Waals surface area contributed by atoms with Crippen LogP contribution in [0.2, 0.25) is 0 Å². The summed E-state index contributed by atoms with van der Waals surface area (Å²) in [6.07, 6.45) is 6.63. The SMILES string of the molecule is CCCCN(CCC)C(C)CCC. The van der Waals surface area contributed by atoms with E-state index in [4.69, 9.17) is 0 Å². The molecule has 0 aromatic heterocycles. The van der Waals surface area contributed by atoms with Crippen LogP contribution < -0.4 is 0 Å². The first-order valence-corrected chi connectivity index (χ1v) is 6.00. The van der Waals surface area contributed by atoms with Crippen LogP contribution >= 0.6 is 0 Å². The molecule has 0 aromatic carbocycles. The molecule has 0 amide bonds. The van der Waals surface area contributed by atoms with E-state index >= 15 is 0 Å². The molecule has 0 N–H and O–H groups in total. The van der Waals surface area contributed by atoms with Crippen LogP contribution in [-0.2, 0) is 0 Å². The second-order valence-corrected chi connectivity index (χ2v) is 4.03. The van der Waals surface area contributed by atoms with E-state index in [1.165, 1.54) is 45.2 Å². The van der Waals surface area contributed by atoms with Crippen LogP contribution in [0.15, 0.2) is 0 Å². The molecule has 1 unspecified atom stereocenters. The summed E-state index contributed by atoms with van der Waals surface area (Å²) in [6.45, 7) is 11.8. The fraction of sp³-hybridized carbons (Fsp3) is 1.00. The van der Waals surface area contributed by atoms with Gasteiger partial charge in [0.1, 0.15) is 0 Å². The van der Waals surface area contributed by atoms with E-state index < -0.39 is 0 Å². The summed E-state index contributed by atoms with van der Waals surface area (Å²) < 4.78 is 0. The van der Waals surface area contributed by atoms with E-state index in [-0.39, 0.29) is 0 Å². The first-order chi connectivity index (χ1) is 6.26. The predicted octanol–water partition coefficient (Wildman–Crippen LogP) is 3.69. The van der Waals surface area contributed by atoms with Gasteiger partial charge in [0.15, 0.2) is 0 Å². The van der Waals surface area contributed by atoms with Gasteiger partial charge in [-0.15, -0.1) is 0 Å². The highest BCUT2D eigenvalue weighted by molar-refractivity contribution is 4.66. The topological polar surface area (TPSA) is 3.24 Å². The Bertz CT molecular complexity index is 101. The molecule has 0 bridgehead atoms. The van der Waals surface area contributed by atoms with Crippen LogP contribution in [0.5, 0.6) is 0 Å². The first kappa shape index (κ1) is 13.0. The van der Waals surface area contributed by atoms with Crippen molar-refractivity contribution in [3.05, 3.63) is 0 Å². The van der Waals surface area contributed by atoms with Gasteiger partial charge in [0.05, 0.1) is 0 Å². The fourth-order valence-corrected chi connectivity index (χ4v) is 1.80. The average molecular weight is 185 g/mol. The number of rotatable bonds is 8. The molecule has 0 rings (SSSR count). The Morgan fingerprint density at radius 1 is 0.923 bits per heavy atom. The minimum absolute atomic E-state index is 0.788. The number of hydrogen-bond donors (Lipinski definition) is 0. The number of hydrogen-bond acceptors (Lipinski definition) is 1. The molecular formula is C12H27N. The Morgan fingerprint density at radius 2 is 1.62 bits per heavy atom. The zero-order chi connectivity index (χ0) is 10.1. The standard InChI is InChI=1S/C12H27N/c1-5-8-11-13(10-7-3)12(4)9-6-2/h12H,5-11H2,1-4H3. The molecule has 1 atom stereocenters. The van der Waals surface area contributed by atoms with Crippen molar-refractivity contribution in [3.8, 4) is 0 Å². The van der Waals surface area contributed by atoms with Crippen LogP contribution in [0.4, 0.5) is 0 Å². The smallest absolute Gasteiger partial charge is 0.00668 e. The summed E-state index contributed by atoms with van der Waals surface area (Å²) in [4.78, 5) is 2.65. The lowest BCUT2D eigenvalue weighted by molar-refractivity contribution is 0.196. The second kappa shape index (κ2) is 8.55. The van der Waals surface area contributed by atoms with Gasteiger partial charge >= 0.3 is 0 Å². The summed E-state index contributed by atoms with van der Waals surface area (Å²) in [6, 6.07) is 0.788. The second-order valence-electron chi connectivity index (χ2n) is 4.03. The van der Waals surface area contributed by atoms with Gasteiger partial charge in [-0.25, -0.2) is 0 Å². The van der Waals surface area contributed by atoms with Crippen molar-refractivity contribution in [2.75, 3.05) is 13.1 Å². The van der Waals surface area contributed by atoms with Crippen LogP contribution in [0, 0.1) is 0 Å². The van der Waals surface area contributed by atoms with Crippen molar-refractivity contribution in [2.24, 2.45) is 0 Å². The highest BCUT2D eigenvalue weighted by Gasteiger charge is 2.10. The van der Waals surface area contributed by atoms with Crippen molar-refractivity contribution in [1.29, 1.82) is 0 Å². The Kier molecular flexibility index (Phi) is 8.53. The van der Waals surface area contributed by atoms with Crippen LogP contribution in [0.25, 0.3) is 0 Å². The van der Waals surface area contributed by atoms with Crippen LogP contribution in [0.3, 0.4) is 0 Å². The van der Waals surface area contributed by atoms with Crippen molar-refractivity contribution >= 4 is 0 Å². The normalized spacial score (nSPS) is 13.6.